The molecule has 162 valence electrons. The molecule has 1 N–H and O–H groups in total. The largest absolute Gasteiger partial charge is 0.302 e. The summed E-state index contributed by atoms with van der Waals surface area (Å²) in [5, 5.41) is 5.88. The summed E-state index contributed by atoms with van der Waals surface area (Å²) in [5.41, 5.74) is 2.60. The smallest absolute Gasteiger partial charge is 0.266 e. The van der Waals surface area contributed by atoms with Crippen molar-refractivity contribution < 1.29 is 9.59 Å². The summed E-state index contributed by atoms with van der Waals surface area (Å²) in [7, 11) is 0. The highest BCUT2D eigenvalue weighted by Gasteiger charge is 2.31. The van der Waals surface area contributed by atoms with Crippen LogP contribution in [0.4, 0.5) is 5.13 Å². The van der Waals surface area contributed by atoms with Crippen LogP contribution in [-0.2, 0) is 9.59 Å². The summed E-state index contributed by atoms with van der Waals surface area (Å²) in [6.45, 7) is 0.380. The van der Waals surface area contributed by atoms with Crippen LogP contribution in [0.5, 0.6) is 0 Å². The Morgan fingerprint density at radius 1 is 1.16 bits per heavy atom. The molecule has 1 saturated heterocycles. The molecule has 1 aromatic heterocycles. The number of benzene rings is 2. The molecule has 32 heavy (non-hydrogen) atoms. The van der Waals surface area contributed by atoms with E-state index in [1.807, 2.05) is 53.9 Å². The third-order valence-electron chi connectivity index (χ3n) is 4.67. The summed E-state index contributed by atoms with van der Waals surface area (Å²) < 4.78 is 0.487. The lowest BCUT2D eigenvalue weighted by Gasteiger charge is -2.13. The van der Waals surface area contributed by atoms with Crippen molar-refractivity contribution in [3.8, 4) is 11.3 Å². The third-order valence-corrected chi connectivity index (χ3v) is 7.15. The zero-order chi connectivity index (χ0) is 22.5. The van der Waals surface area contributed by atoms with Crippen molar-refractivity contribution in [2.75, 3.05) is 11.9 Å². The number of thioether (sulfide) groups is 1. The van der Waals surface area contributed by atoms with Gasteiger partial charge in [-0.1, -0.05) is 84.1 Å². The Morgan fingerprint density at radius 2 is 1.91 bits per heavy atom. The Morgan fingerprint density at radius 3 is 2.69 bits per heavy atom. The van der Waals surface area contributed by atoms with E-state index in [0.29, 0.717) is 32.3 Å². The van der Waals surface area contributed by atoms with Gasteiger partial charge in [0, 0.05) is 28.9 Å². The van der Waals surface area contributed by atoms with Gasteiger partial charge in [0.05, 0.1) is 10.6 Å². The minimum atomic E-state index is -0.159. The van der Waals surface area contributed by atoms with Gasteiger partial charge in [-0.25, -0.2) is 4.98 Å². The van der Waals surface area contributed by atoms with Crippen LogP contribution >= 0.6 is 46.9 Å². The second-order valence-electron chi connectivity index (χ2n) is 6.91. The molecule has 1 aliphatic rings. The van der Waals surface area contributed by atoms with Gasteiger partial charge in [-0.2, -0.15) is 0 Å². The molecule has 0 atom stereocenters. The second-order valence-corrected chi connectivity index (χ2v) is 9.85. The normalized spacial score (nSPS) is 14.9. The standard InChI is InChI=1S/C23H18ClN3O2S3/c24-17-10-5-4-9-16(17)13-19-21(29)27(23(30)32-19)12-6-11-20(28)26-22-25-18(14-31-22)15-7-2-1-3-8-15/h1-5,7-10,13-14H,6,11-12H2,(H,25,26,28)/b19-13+. The lowest BCUT2D eigenvalue weighted by Crippen LogP contribution is -2.29. The number of amides is 2. The summed E-state index contributed by atoms with van der Waals surface area (Å²) >= 11 is 14.2. The van der Waals surface area contributed by atoms with E-state index in [1.54, 1.807) is 12.1 Å². The average Bonchev–Trinajstić information content (AvgIpc) is 3.36. The molecule has 2 heterocycles. The number of hydrogen-bond acceptors (Lipinski definition) is 6. The zero-order valence-electron chi connectivity index (χ0n) is 16.8. The minimum absolute atomic E-state index is 0.143. The molecule has 2 aromatic carbocycles. The number of halogens is 1. The molecular weight excluding hydrogens is 482 g/mol. The van der Waals surface area contributed by atoms with Crippen LogP contribution in [-0.4, -0.2) is 32.6 Å². The first-order valence-electron chi connectivity index (χ1n) is 9.82. The first-order valence-corrected chi connectivity index (χ1v) is 12.3. The van der Waals surface area contributed by atoms with Gasteiger partial charge in [0.2, 0.25) is 5.91 Å². The van der Waals surface area contributed by atoms with E-state index in [-0.39, 0.29) is 18.2 Å². The van der Waals surface area contributed by atoms with Crippen LogP contribution in [0.3, 0.4) is 0 Å². The van der Waals surface area contributed by atoms with Crippen molar-refractivity contribution in [2.24, 2.45) is 0 Å². The number of thiazole rings is 1. The van der Waals surface area contributed by atoms with E-state index in [1.165, 1.54) is 28.0 Å². The predicted octanol–water partition coefficient (Wildman–Crippen LogP) is 6.08. The maximum Gasteiger partial charge on any atom is 0.266 e. The quantitative estimate of drug-likeness (QED) is 0.315. The van der Waals surface area contributed by atoms with E-state index in [0.717, 1.165) is 16.8 Å². The molecule has 1 aliphatic heterocycles. The van der Waals surface area contributed by atoms with Gasteiger partial charge in [-0.15, -0.1) is 11.3 Å². The highest BCUT2D eigenvalue weighted by molar-refractivity contribution is 8.26. The van der Waals surface area contributed by atoms with Crippen LogP contribution < -0.4 is 5.32 Å². The topological polar surface area (TPSA) is 62.3 Å². The number of nitrogens with one attached hydrogen (secondary N) is 1. The number of carbonyl (C=O) groups excluding carboxylic acids is 2. The number of rotatable bonds is 7. The first kappa shape index (κ1) is 22.7. The predicted molar refractivity (Wildman–Crippen MR) is 137 cm³/mol. The van der Waals surface area contributed by atoms with E-state index < -0.39 is 0 Å². The van der Waals surface area contributed by atoms with Gasteiger partial charge >= 0.3 is 0 Å². The van der Waals surface area contributed by atoms with Crippen molar-refractivity contribution >= 4 is 74.3 Å². The molecule has 0 radical (unpaired) electrons. The van der Waals surface area contributed by atoms with E-state index in [9.17, 15) is 9.59 Å². The lowest BCUT2D eigenvalue weighted by atomic mass is 10.2. The van der Waals surface area contributed by atoms with E-state index >= 15 is 0 Å². The van der Waals surface area contributed by atoms with Gasteiger partial charge in [0.15, 0.2) is 5.13 Å². The lowest BCUT2D eigenvalue weighted by molar-refractivity contribution is -0.122. The van der Waals surface area contributed by atoms with Crippen molar-refractivity contribution in [3.05, 3.63) is 75.5 Å². The van der Waals surface area contributed by atoms with Gasteiger partial charge in [0.25, 0.3) is 5.91 Å². The molecule has 0 bridgehead atoms. The maximum absolute atomic E-state index is 12.7. The number of nitrogens with zero attached hydrogens (tertiary/aromatic N) is 2. The molecule has 1 fully saturated rings. The Labute approximate surface area is 204 Å². The monoisotopic (exact) mass is 499 g/mol. The van der Waals surface area contributed by atoms with Crippen molar-refractivity contribution in [3.63, 3.8) is 0 Å². The van der Waals surface area contributed by atoms with Gasteiger partial charge < -0.3 is 5.32 Å². The highest BCUT2D eigenvalue weighted by Crippen LogP contribution is 2.34. The zero-order valence-corrected chi connectivity index (χ0v) is 20.0. The molecule has 9 heteroatoms. The molecule has 5 nitrogen and oxygen atoms in total. The number of hydrogen-bond donors (Lipinski definition) is 1. The summed E-state index contributed by atoms with van der Waals surface area (Å²) in [6, 6.07) is 17.1. The molecule has 0 saturated carbocycles. The molecule has 0 aliphatic carbocycles. The van der Waals surface area contributed by atoms with Crippen molar-refractivity contribution in [1.29, 1.82) is 0 Å². The van der Waals surface area contributed by atoms with Gasteiger partial charge in [0.1, 0.15) is 4.32 Å². The summed E-state index contributed by atoms with van der Waals surface area (Å²) in [6.07, 6.45) is 2.51. The van der Waals surface area contributed by atoms with Crippen LogP contribution in [0.1, 0.15) is 18.4 Å². The molecule has 2 amide bonds. The fraction of sp³-hybridized carbons (Fsp3) is 0.130. The maximum atomic E-state index is 12.7. The summed E-state index contributed by atoms with van der Waals surface area (Å²) in [5.74, 6) is -0.302. The van der Waals surface area contributed by atoms with Gasteiger partial charge in [-0.3, -0.25) is 14.5 Å². The number of anilines is 1. The molecule has 4 rings (SSSR count). The fourth-order valence-corrected chi connectivity index (χ4v) is 5.30. The minimum Gasteiger partial charge on any atom is -0.302 e. The SMILES string of the molecule is O=C(CCCN1C(=O)/C(=C\c2ccccc2Cl)SC1=S)Nc1nc(-c2ccccc2)cs1. The first-order chi connectivity index (χ1) is 15.5. The Kier molecular flexibility index (Phi) is 7.36. The molecule has 0 unspecified atom stereocenters. The second kappa shape index (κ2) is 10.4. The van der Waals surface area contributed by atoms with Crippen LogP contribution in [0.25, 0.3) is 17.3 Å². The number of carbonyl (C=O) groups is 2. The van der Waals surface area contributed by atoms with Crippen molar-refractivity contribution in [1.82, 2.24) is 9.88 Å². The van der Waals surface area contributed by atoms with Crippen molar-refractivity contribution in [2.45, 2.75) is 12.8 Å². The fourth-order valence-electron chi connectivity index (χ4n) is 3.08. The number of aromatic nitrogens is 1. The van der Waals surface area contributed by atoms with E-state index in [4.69, 9.17) is 23.8 Å². The number of thiocarbonyl (C=S) groups is 1. The molecule has 3 aromatic rings. The Bertz CT molecular complexity index is 1190. The molecular formula is C23H18ClN3O2S3. The average molecular weight is 500 g/mol. The van der Waals surface area contributed by atoms with E-state index in [2.05, 4.69) is 10.3 Å². The van der Waals surface area contributed by atoms with Crippen LogP contribution in [0.2, 0.25) is 5.02 Å². The summed E-state index contributed by atoms with van der Waals surface area (Å²) in [4.78, 5) is 31.6. The molecule has 0 spiro atoms. The van der Waals surface area contributed by atoms with Crippen LogP contribution in [0.15, 0.2) is 64.9 Å². The highest BCUT2D eigenvalue weighted by atomic mass is 35.5. The van der Waals surface area contributed by atoms with Gasteiger partial charge in [-0.05, 0) is 24.1 Å². The Balaban J connectivity index is 1.29. The third kappa shape index (κ3) is 5.45. The van der Waals surface area contributed by atoms with Crippen LogP contribution in [0, 0.1) is 0 Å². The Hall–Kier alpha value is -2.52.